The molecule has 0 aliphatic heterocycles. The van der Waals surface area contributed by atoms with Crippen LogP contribution >= 0.6 is 0 Å². The summed E-state index contributed by atoms with van der Waals surface area (Å²) < 4.78 is 5.48. The van der Waals surface area contributed by atoms with Crippen LogP contribution < -0.4 is 4.74 Å². The number of hydrogen-bond acceptors (Lipinski definition) is 3. The minimum atomic E-state index is 0.395. The molecule has 58 valence electrons. The van der Waals surface area contributed by atoms with Crippen LogP contribution in [0.1, 0.15) is 19.3 Å². The van der Waals surface area contributed by atoms with Gasteiger partial charge in [-0.1, -0.05) is 0 Å². The van der Waals surface area contributed by atoms with Crippen molar-refractivity contribution in [1.29, 1.82) is 0 Å². The lowest BCUT2D eigenvalue weighted by molar-refractivity contribution is 0.114. The van der Waals surface area contributed by atoms with Crippen molar-refractivity contribution in [2.75, 3.05) is 0 Å². The van der Waals surface area contributed by atoms with E-state index in [-0.39, 0.29) is 0 Å². The third-order valence-corrected chi connectivity index (χ3v) is 1.88. The quantitative estimate of drug-likeness (QED) is 0.639. The summed E-state index contributed by atoms with van der Waals surface area (Å²) in [5.41, 5.74) is 0. The highest BCUT2D eigenvalue weighted by atomic mass is 16.5. The molecule has 3 nitrogen and oxygen atoms in total. The number of nitrogens with zero attached hydrogens (tertiary/aromatic N) is 2. The highest BCUT2D eigenvalue weighted by Gasteiger charge is 2.19. The van der Waals surface area contributed by atoms with Crippen molar-refractivity contribution in [1.82, 2.24) is 9.97 Å². The van der Waals surface area contributed by atoms with E-state index in [2.05, 4.69) is 9.97 Å². The lowest BCUT2D eigenvalue weighted by atomic mass is 9.96. The molecular formula is C8H10N2O. The first kappa shape index (κ1) is 6.58. The number of ether oxygens (including phenoxy) is 1. The lowest BCUT2D eigenvalue weighted by Crippen LogP contribution is -2.24. The van der Waals surface area contributed by atoms with Gasteiger partial charge >= 0.3 is 0 Å². The van der Waals surface area contributed by atoms with Crippen LogP contribution in [0.5, 0.6) is 5.88 Å². The second-order valence-corrected chi connectivity index (χ2v) is 2.71. The van der Waals surface area contributed by atoms with Crippen molar-refractivity contribution >= 4 is 0 Å². The Kier molecular flexibility index (Phi) is 1.71. The van der Waals surface area contributed by atoms with Crippen LogP contribution in [0.3, 0.4) is 0 Å². The van der Waals surface area contributed by atoms with E-state index in [4.69, 9.17) is 4.74 Å². The fourth-order valence-electron chi connectivity index (χ4n) is 1.01. The van der Waals surface area contributed by atoms with E-state index in [0.29, 0.717) is 12.0 Å². The van der Waals surface area contributed by atoms with Crippen LogP contribution in [-0.4, -0.2) is 16.1 Å². The first-order valence-electron chi connectivity index (χ1n) is 3.88. The summed E-state index contributed by atoms with van der Waals surface area (Å²) in [7, 11) is 0. The monoisotopic (exact) mass is 150 g/mol. The molecule has 1 heterocycles. The Bertz CT molecular complexity index is 221. The predicted octanol–water partition coefficient (Wildman–Crippen LogP) is 1.41. The Morgan fingerprint density at radius 1 is 1.36 bits per heavy atom. The van der Waals surface area contributed by atoms with Crippen LogP contribution in [0.4, 0.5) is 0 Å². The first-order chi connectivity index (χ1) is 5.45. The largest absolute Gasteiger partial charge is 0.473 e. The van der Waals surface area contributed by atoms with E-state index < -0.39 is 0 Å². The van der Waals surface area contributed by atoms with Gasteiger partial charge in [0.1, 0.15) is 6.10 Å². The van der Waals surface area contributed by atoms with Gasteiger partial charge in [-0.25, -0.2) is 4.98 Å². The highest BCUT2D eigenvalue weighted by molar-refractivity contribution is 5.02. The molecule has 1 saturated carbocycles. The summed E-state index contributed by atoms with van der Waals surface area (Å²) in [6.07, 6.45) is 8.95. The normalized spacial score (nSPS) is 17.5. The Morgan fingerprint density at radius 2 is 2.27 bits per heavy atom. The van der Waals surface area contributed by atoms with E-state index in [9.17, 15) is 0 Å². The molecule has 11 heavy (non-hydrogen) atoms. The van der Waals surface area contributed by atoms with E-state index in [0.717, 1.165) is 12.8 Å². The minimum Gasteiger partial charge on any atom is -0.473 e. The molecule has 1 fully saturated rings. The molecule has 0 unspecified atom stereocenters. The SMILES string of the molecule is c1cnc(OC2CCC2)cn1. The van der Waals surface area contributed by atoms with Gasteiger partial charge in [0.05, 0.1) is 6.20 Å². The molecule has 1 aliphatic carbocycles. The molecule has 1 aromatic rings. The van der Waals surface area contributed by atoms with Gasteiger partial charge in [-0.2, -0.15) is 0 Å². The Labute approximate surface area is 65.4 Å². The average molecular weight is 150 g/mol. The molecule has 0 atom stereocenters. The maximum atomic E-state index is 5.48. The molecule has 0 spiro atoms. The van der Waals surface area contributed by atoms with Crippen molar-refractivity contribution in [2.45, 2.75) is 25.4 Å². The van der Waals surface area contributed by atoms with Gasteiger partial charge in [0, 0.05) is 12.4 Å². The summed E-state index contributed by atoms with van der Waals surface area (Å²) in [6, 6.07) is 0. The number of hydrogen-bond donors (Lipinski definition) is 0. The molecule has 1 aromatic heterocycles. The summed E-state index contributed by atoms with van der Waals surface area (Å²) in [6.45, 7) is 0. The average Bonchev–Trinajstić information content (AvgIpc) is 1.99. The number of aromatic nitrogens is 2. The van der Waals surface area contributed by atoms with Gasteiger partial charge in [-0.05, 0) is 19.3 Å². The summed E-state index contributed by atoms with van der Waals surface area (Å²) in [4.78, 5) is 7.92. The van der Waals surface area contributed by atoms with Crippen LogP contribution in [0.2, 0.25) is 0 Å². The van der Waals surface area contributed by atoms with E-state index in [1.807, 2.05) is 0 Å². The van der Waals surface area contributed by atoms with Crippen LogP contribution in [0.15, 0.2) is 18.6 Å². The van der Waals surface area contributed by atoms with E-state index in [1.165, 1.54) is 6.42 Å². The van der Waals surface area contributed by atoms with Gasteiger partial charge in [0.2, 0.25) is 5.88 Å². The lowest BCUT2D eigenvalue weighted by Gasteiger charge is -2.25. The van der Waals surface area contributed by atoms with Gasteiger partial charge in [0.25, 0.3) is 0 Å². The fourth-order valence-corrected chi connectivity index (χ4v) is 1.01. The van der Waals surface area contributed by atoms with Crippen LogP contribution in [-0.2, 0) is 0 Å². The van der Waals surface area contributed by atoms with Gasteiger partial charge in [0.15, 0.2) is 0 Å². The fraction of sp³-hybridized carbons (Fsp3) is 0.500. The maximum absolute atomic E-state index is 5.48. The molecule has 0 amide bonds. The Hall–Kier alpha value is -1.12. The summed E-state index contributed by atoms with van der Waals surface area (Å²) >= 11 is 0. The third kappa shape index (κ3) is 1.48. The molecule has 0 saturated heterocycles. The molecule has 1 aliphatic rings. The van der Waals surface area contributed by atoms with Crippen LogP contribution in [0, 0.1) is 0 Å². The zero-order valence-electron chi connectivity index (χ0n) is 6.23. The molecular weight excluding hydrogens is 140 g/mol. The Balaban J connectivity index is 1.95. The molecule has 2 rings (SSSR count). The summed E-state index contributed by atoms with van der Waals surface area (Å²) in [5, 5.41) is 0. The topological polar surface area (TPSA) is 35.0 Å². The second-order valence-electron chi connectivity index (χ2n) is 2.71. The number of rotatable bonds is 2. The molecule has 0 aromatic carbocycles. The van der Waals surface area contributed by atoms with E-state index >= 15 is 0 Å². The molecule has 3 heteroatoms. The van der Waals surface area contributed by atoms with Crippen molar-refractivity contribution in [3.05, 3.63) is 18.6 Å². The minimum absolute atomic E-state index is 0.395. The maximum Gasteiger partial charge on any atom is 0.232 e. The zero-order chi connectivity index (χ0) is 7.52. The van der Waals surface area contributed by atoms with E-state index in [1.54, 1.807) is 18.6 Å². The molecule has 0 bridgehead atoms. The zero-order valence-corrected chi connectivity index (χ0v) is 6.23. The first-order valence-corrected chi connectivity index (χ1v) is 3.88. The van der Waals surface area contributed by atoms with Crippen LogP contribution in [0.25, 0.3) is 0 Å². The summed E-state index contributed by atoms with van der Waals surface area (Å²) in [5.74, 6) is 0.650. The Morgan fingerprint density at radius 3 is 2.82 bits per heavy atom. The van der Waals surface area contributed by atoms with Crippen molar-refractivity contribution in [2.24, 2.45) is 0 Å². The highest BCUT2D eigenvalue weighted by Crippen LogP contribution is 2.22. The van der Waals surface area contributed by atoms with Crippen molar-refractivity contribution in [3.63, 3.8) is 0 Å². The molecule has 0 N–H and O–H groups in total. The standard InChI is InChI=1S/C8H10N2O/c1-2-7(3-1)11-8-6-9-4-5-10-8/h4-7H,1-3H2. The predicted molar refractivity (Wildman–Crippen MR) is 40.3 cm³/mol. The van der Waals surface area contributed by atoms with Crippen molar-refractivity contribution < 1.29 is 4.74 Å². The van der Waals surface area contributed by atoms with Gasteiger partial charge in [-0.15, -0.1) is 0 Å². The smallest absolute Gasteiger partial charge is 0.232 e. The van der Waals surface area contributed by atoms with Gasteiger partial charge < -0.3 is 4.74 Å². The second kappa shape index (κ2) is 2.86. The van der Waals surface area contributed by atoms with Gasteiger partial charge in [-0.3, -0.25) is 4.98 Å². The van der Waals surface area contributed by atoms with Crippen molar-refractivity contribution in [3.8, 4) is 5.88 Å². The third-order valence-electron chi connectivity index (χ3n) is 1.88. The molecule has 0 radical (unpaired) electrons.